The largest absolute Gasteiger partial charge is 0.351 e. The van der Waals surface area contributed by atoms with Gasteiger partial charge < -0.3 is 10.2 Å². The van der Waals surface area contributed by atoms with E-state index in [4.69, 9.17) is 0 Å². The van der Waals surface area contributed by atoms with Crippen LogP contribution in [0.3, 0.4) is 0 Å². The van der Waals surface area contributed by atoms with Crippen molar-refractivity contribution in [3.63, 3.8) is 0 Å². The molecule has 0 radical (unpaired) electrons. The second-order valence-electron chi connectivity index (χ2n) is 8.32. The Kier molecular flexibility index (Phi) is 6.17. The lowest BCUT2D eigenvalue weighted by Gasteiger charge is -2.20. The molecule has 4 rings (SSSR count). The molecule has 3 aromatic rings. The fourth-order valence-electron chi connectivity index (χ4n) is 4.22. The fourth-order valence-corrected chi connectivity index (χ4v) is 4.22. The second-order valence-corrected chi connectivity index (χ2v) is 8.32. The van der Waals surface area contributed by atoms with E-state index in [9.17, 15) is 9.59 Å². The van der Waals surface area contributed by atoms with Crippen molar-refractivity contribution in [2.45, 2.75) is 38.6 Å². The first kappa shape index (κ1) is 20.9. The van der Waals surface area contributed by atoms with Gasteiger partial charge in [0.15, 0.2) is 0 Å². The highest BCUT2D eigenvalue weighted by atomic mass is 16.2. The first-order chi connectivity index (χ1) is 15.0. The standard InChI is InChI=1S/C27H28N2O2/c1-19-13-14-24(15-20(19)2)29-18-23(16-27(29)31)28-26(30)17-25(21-9-5-3-6-10-21)22-11-7-4-8-12-22/h3-15,23,25H,16-18H2,1-2H3,(H,28,30)/t23-/m0/s1. The lowest BCUT2D eigenvalue weighted by atomic mass is 9.88. The number of anilines is 1. The molecule has 0 saturated carbocycles. The molecule has 1 aliphatic heterocycles. The van der Waals surface area contributed by atoms with Gasteiger partial charge in [0.05, 0.1) is 6.04 Å². The number of carbonyl (C=O) groups excluding carboxylic acids is 2. The monoisotopic (exact) mass is 412 g/mol. The van der Waals surface area contributed by atoms with Gasteiger partial charge in [-0.25, -0.2) is 0 Å². The summed E-state index contributed by atoms with van der Waals surface area (Å²) in [5, 5.41) is 3.10. The van der Waals surface area contributed by atoms with Crippen LogP contribution in [0.1, 0.15) is 41.0 Å². The molecule has 4 nitrogen and oxygen atoms in total. The van der Waals surface area contributed by atoms with Gasteiger partial charge in [0.2, 0.25) is 11.8 Å². The van der Waals surface area contributed by atoms with Gasteiger partial charge in [-0.1, -0.05) is 66.7 Å². The van der Waals surface area contributed by atoms with Gasteiger partial charge in [0.1, 0.15) is 0 Å². The Balaban J connectivity index is 1.45. The summed E-state index contributed by atoms with van der Waals surface area (Å²) in [6.45, 7) is 4.62. The van der Waals surface area contributed by atoms with Gasteiger partial charge in [-0.3, -0.25) is 9.59 Å². The second kappa shape index (κ2) is 9.17. The topological polar surface area (TPSA) is 49.4 Å². The minimum Gasteiger partial charge on any atom is -0.351 e. The number of nitrogens with one attached hydrogen (secondary N) is 1. The quantitative estimate of drug-likeness (QED) is 0.635. The molecule has 1 fully saturated rings. The van der Waals surface area contributed by atoms with Gasteiger partial charge >= 0.3 is 0 Å². The maximum Gasteiger partial charge on any atom is 0.229 e. The van der Waals surface area contributed by atoms with Crippen molar-refractivity contribution in [3.05, 3.63) is 101 Å². The molecule has 1 saturated heterocycles. The Labute approximate surface area is 183 Å². The summed E-state index contributed by atoms with van der Waals surface area (Å²) in [6, 6.07) is 26.1. The molecule has 0 unspecified atom stereocenters. The molecule has 1 aliphatic rings. The molecule has 0 aliphatic carbocycles. The number of amides is 2. The van der Waals surface area contributed by atoms with Crippen molar-refractivity contribution in [1.82, 2.24) is 5.32 Å². The zero-order chi connectivity index (χ0) is 21.8. The highest BCUT2D eigenvalue weighted by Crippen LogP contribution is 2.28. The molecule has 1 heterocycles. The predicted molar refractivity (Wildman–Crippen MR) is 124 cm³/mol. The van der Waals surface area contributed by atoms with Crippen LogP contribution in [0.25, 0.3) is 0 Å². The number of hydrogen-bond acceptors (Lipinski definition) is 2. The summed E-state index contributed by atoms with van der Waals surface area (Å²) in [5.41, 5.74) is 5.49. The molecule has 31 heavy (non-hydrogen) atoms. The number of nitrogens with zero attached hydrogens (tertiary/aromatic N) is 1. The molecule has 1 N–H and O–H groups in total. The van der Waals surface area contributed by atoms with E-state index in [1.165, 1.54) is 5.56 Å². The fraction of sp³-hybridized carbons (Fsp3) is 0.259. The van der Waals surface area contributed by atoms with Crippen LogP contribution in [0, 0.1) is 13.8 Å². The third-order valence-corrected chi connectivity index (χ3v) is 6.09. The van der Waals surface area contributed by atoms with Crippen LogP contribution in [-0.4, -0.2) is 24.4 Å². The Hall–Kier alpha value is -3.40. The predicted octanol–water partition coefficient (Wildman–Crippen LogP) is 4.75. The molecule has 158 valence electrons. The van der Waals surface area contributed by atoms with Gasteiger partial charge in [-0.2, -0.15) is 0 Å². The Morgan fingerprint density at radius 2 is 1.55 bits per heavy atom. The molecule has 4 heteroatoms. The van der Waals surface area contributed by atoms with E-state index < -0.39 is 0 Å². The molecule has 1 atom stereocenters. The van der Waals surface area contributed by atoms with Crippen LogP contribution in [-0.2, 0) is 9.59 Å². The van der Waals surface area contributed by atoms with Gasteiger partial charge in [-0.15, -0.1) is 0 Å². The van der Waals surface area contributed by atoms with Gasteiger partial charge in [0, 0.05) is 31.0 Å². The Morgan fingerprint density at radius 3 is 2.13 bits per heavy atom. The maximum absolute atomic E-state index is 13.0. The molecule has 2 amide bonds. The summed E-state index contributed by atoms with van der Waals surface area (Å²) in [4.78, 5) is 27.3. The molecular formula is C27H28N2O2. The van der Waals surface area contributed by atoms with Crippen molar-refractivity contribution in [2.24, 2.45) is 0 Å². The number of hydrogen-bond donors (Lipinski definition) is 1. The average molecular weight is 413 g/mol. The first-order valence-corrected chi connectivity index (χ1v) is 10.8. The SMILES string of the molecule is Cc1ccc(N2C[C@@H](NC(=O)CC(c3ccccc3)c3ccccc3)CC2=O)cc1C. The van der Waals surface area contributed by atoms with Crippen molar-refractivity contribution in [3.8, 4) is 0 Å². The summed E-state index contributed by atoms with van der Waals surface area (Å²) < 4.78 is 0. The zero-order valence-electron chi connectivity index (χ0n) is 18.0. The van der Waals surface area contributed by atoms with E-state index in [1.54, 1.807) is 4.90 Å². The highest BCUT2D eigenvalue weighted by molar-refractivity contribution is 5.97. The number of aryl methyl sites for hydroxylation is 2. The molecule has 0 aromatic heterocycles. The summed E-state index contributed by atoms with van der Waals surface area (Å²) in [6.07, 6.45) is 0.683. The van der Waals surface area contributed by atoms with Crippen LogP contribution in [0.5, 0.6) is 0 Å². The van der Waals surface area contributed by atoms with Crippen molar-refractivity contribution in [1.29, 1.82) is 0 Å². The molecule has 0 spiro atoms. The Bertz CT molecular complexity index is 1020. The first-order valence-electron chi connectivity index (χ1n) is 10.8. The van der Waals surface area contributed by atoms with E-state index in [2.05, 4.69) is 36.5 Å². The number of benzene rings is 3. The van der Waals surface area contributed by atoms with Crippen LogP contribution in [0.4, 0.5) is 5.69 Å². The van der Waals surface area contributed by atoms with E-state index in [0.29, 0.717) is 19.4 Å². The lowest BCUT2D eigenvalue weighted by molar-refractivity contribution is -0.122. The molecule has 0 bridgehead atoms. The smallest absolute Gasteiger partial charge is 0.229 e. The molecule has 3 aromatic carbocycles. The van der Waals surface area contributed by atoms with Crippen molar-refractivity contribution >= 4 is 17.5 Å². The third-order valence-electron chi connectivity index (χ3n) is 6.09. The third kappa shape index (κ3) is 4.85. The van der Waals surface area contributed by atoms with Crippen LogP contribution in [0.2, 0.25) is 0 Å². The van der Waals surface area contributed by atoms with E-state index in [-0.39, 0.29) is 23.8 Å². The van der Waals surface area contributed by atoms with Gasteiger partial charge in [-0.05, 0) is 48.2 Å². The lowest BCUT2D eigenvalue weighted by Crippen LogP contribution is -2.37. The minimum absolute atomic E-state index is 0.0182. The van der Waals surface area contributed by atoms with Crippen LogP contribution in [0.15, 0.2) is 78.9 Å². The minimum atomic E-state index is -0.172. The average Bonchev–Trinajstić information content (AvgIpc) is 3.15. The summed E-state index contributed by atoms with van der Waals surface area (Å²) in [5.74, 6) is 0.00372. The van der Waals surface area contributed by atoms with Crippen molar-refractivity contribution < 1.29 is 9.59 Å². The normalized spacial score (nSPS) is 16.0. The van der Waals surface area contributed by atoms with Crippen LogP contribution < -0.4 is 10.2 Å². The number of rotatable bonds is 6. The van der Waals surface area contributed by atoms with Crippen molar-refractivity contribution in [2.75, 3.05) is 11.4 Å². The summed E-state index contributed by atoms with van der Waals surface area (Å²) in [7, 11) is 0. The summed E-state index contributed by atoms with van der Waals surface area (Å²) >= 11 is 0. The maximum atomic E-state index is 13.0. The zero-order valence-corrected chi connectivity index (χ0v) is 18.0. The Morgan fingerprint density at radius 1 is 0.935 bits per heavy atom. The highest BCUT2D eigenvalue weighted by Gasteiger charge is 2.32. The van der Waals surface area contributed by atoms with Crippen LogP contribution >= 0.6 is 0 Å². The number of carbonyl (C=O) groups is 2. The van der Waals surface area contributed by atoms with E-state index in [1.807, 2.05) is 61.5 Å². The van der Waals surface area contributed by atoms with Gasteiger partial charge in [0.25, 0.3) is 0 Å². The van der Waals surface area contributed by atoms with E-state index in [0.717, 1.165) is 22.4 Å². The molecular weight excluding hydrogens is 384 g/mol. The van der Waals surface area contributed by atoms with E-state index >= 15 is 0 Å².